The van der Waals surface area contributed by atoms with E-state index in [9.17, 15) is 4.79 Å². The fourth-order valence-corrected chi connectivity index (χ4v) is 4.19. The second-order valence-electron chi connectivity index (χ2n) is 8.49. The summed E-state index contributed by atoms with van der Waals surface area (Å²) in [5.74, 6) is -0.0676. The minimum absolute atomic E-state index is 0.0128. The van der Waals surface area contributed by atoms with Gasteiger partial charge < -0.3 is 14.4 Å². The molecule has 0 amide bonds. The third kappa shape index (κ3) is 7.79. The van der Waals surface area contributed by atoms with E-state index in [2.05, 4.69) is 66.4 Å². The smallest absolute Gasteiger partial charge is 0.305 e. The van der Waals surface area contributed by atoms with Gasteiger partial charge in [0.2, 0.25) is 0 Å². The van der Waals surface area contributed by atoms with E-state index in [-0.39, 0.29) is 18.2 Å². The van der Waals surface area contributed by atoms with E-state index < -0.39 is 0 Å². The summed E-state index contributed by atoms with van der Waals surface area (Å²) in [7, 11) is 0. The van der Waals surface area contributed by atoms with Crippen LogP contribution in [-0.4, -0.2) is 43.2 Å². The molecule has 0 bridgehead atoms. The molecule has 0 aliphatic carbocycles. The van der Waals surface area contributed by atoms with Gasteiger partial charge in [-0.25, -0.2) is 0 Å². The molecule has 0 radical (unpaired) electrons. The number of unbranched alkanes of at least 4 members (excludes halogenated alkanes) is 2. The first-order valence-electron chi connectivity index (χ1n) is 11.8. The van der Waals surface area contributed by atoms with Crippen molar-refractivity contribution in [1.82, 2.24) is 4.90 Å². The SMILES string of the molecule is CCOC(=O)CCCCCN1CCC(OC(c2ccccc2)c2ccc(C)cc2)CC1. The first kappa shape index (κ1) is 23.5. The molecule has 31 heavy (non-hydrogen) atoms. The van der Waals surface area contributed by atoms with Gasteiger partial charge in [0.15, 0.2) is 0 Å². The predicted octanol–water partition coefficient (Wildman–Crippen LogP) is 5.69. The molecule has 2 aromatic carbocycles. The lowest BCUT2D eigenvalue weighted by atomic mass is 9.99. The Balaban J connectivity index is 1.45. The van der Waals surface area contributed by atoms with Crippen molar-refractivity contribution < 1.29 is 14.3 Å². The minimum Gasteiger partial charge on any atom is -0.466 e. The molecule has 1 unspecified atom stereocenters. The second-order valence-corrected chi connectivity index (χ2v) is 8.49. The number of ether oxygens (including phenoxy) is 2. The van der Waals surface area contributed by atoms with Crippen molar-refractivity contribution in [2.24, 2.45) is 0 Å². The van der Waals surface area contributed by atoms with E-state index >= 15 is 0 Å². The van der Waals surface area contributed by atoms with Crippen molar-refractivity contribution >= 4 is 5.97 Å². The van der Waals surface area contributed by atoms with Crippen molar-refractivity contribution in [3.05, 3.63) is 71.3 Å². The average Bonchev–Trinajstić information content (AvgIpc) is 2.80. The molecular formula is C27H37NO3. The van der Waals surface area contributed by atoms with Gasteiger partial charge in [0.05, 0.1) is 12.7 Å². The molecule has 4 heteroatoms. The third-order valence-corrected chi connectivity index (χ3v) is 6.01. The van der Waals surface area contributed by atoms with Gasteiger partial charge in [-0.2, -0.15) is 0 Å². The molecular weight excluding hydrogens is 386 g/mol. The highest BCUT2D eigenvalue weighted by Crippen LogP contribution is 2.30. The molecule has 1 aliphatic rings. The summed E-state index contributed by atoms with van der Waals surface area (Å²) in [6.45, 7) is 7.72. The van der Waals surface area contributed by atoms with Crippen LogP contribution in [0.1, 0.15) is 68.2 Å². The topological polar surface area (TPSA) is 38.8 Å². The summed E-state index contributed by atoms with van der Waals surface area (Å²) in [6, 6.07) is 19.3. The number of piperidine rings is 1. The van der Waals surface area contributed by atoms with Gasteiger partial charge >= 0.3 is 5.97 Å². The van der Waals surface area contributed by atoms with Crippen LogP contribution in [0.2, 0.25) is 0 Å². The van der Waals surface area contributed by atoms with Crippen LogP contribution in [0, 0.1) is 6.92 Å². The lowest BCUT2D eigenvalue weighted by molar-refractivity contribution is -0.143. The fourth-order valence-electron chi connectivity index (χ4n) is 4.19. The number of carbonyl (C=O) groups excluding carboxylic acids is 1. The molecule has 2 aromatic rings. The molecule has 0 N–H and O–H groups in total. The highest BCUT2D eigenvalue weighted by Gasteiger charge is 2.24. The molecule has 0 spiro atoms. The Bertz CT molecular complexity index is 767. The molecule has 1 saturated heterocycles. The van der Waals surface area contributed by atoms with Gasteiger partial charge in [-0.05, 0) is 57.2 Å². The molecule has 3 rings (SSSR count). The Morgan fingerprint density at radius 2 is 1.65 bits per heavy atom. The van der Waals surface area contributed by atoms with E-state index in [1.807, 2.05) is 6.92 Å². The Kier molecular flexibility index (Phi) is 9.57. The van der Waals surface area contributed by atoms with E-state index in [4.69, 9.17) is 9.47 Å². The molecule has 0 aromatic heterocycles. The Hall–Kier alpha value is -2.17. The number of rotatable bonds is 11. The van der Waals surface area contributed by atoms with E-state index in [0.29, 0.717) is 13.0 Å². The summed E-state index contributed by atoms with van der Waals surface area (Å²) < 4.78 is 11.7. The maximum absolute atomic E-state index is 11.4. The molecule has 1 atom stereocenters. The number of aryl methyl sites for hydroxylation is 1. The predicted molar refractivity (Wildman–Crippen MR) is 125 cm³/mol. The van der Waals surface area contributed by atoms with Crippen molar-refractivity contribution in [1.29, 1.82) is 0 Å². The van der Waals surface area contributed by atoms with Gasteiger partial charge in [-0.15, -0.1) is 0 Å². The zero-order chi connectivity index (χ0) is 21.9. The zero-order valence-corrected chi connectivity index (χ0v) is 19.1. The first-order valence-corrected chi connectivity index (χ1v) is 11.8. The molecule has 1 heterocycles. The lowest BCUT2D eigenvalue weighted by Crippen LogP contribution is -2.38. The van der Waals surface area contributed by atoms with Crippen molar-refractivity contribution in [2.75, 3.05) is 26.2 Å². The summed E-state index contributed by atoms with van der Waals surface area (Å²) in [5, 5.41) is 0. The van der Waals surface area contributed by atoms with Crippen LogP contribution in [0.3, 0.4) is 0 Å². The highest BCUT2D eigenvalue weighted by atomic mass is 16.5. The lowest BCUT2D eigenvalue weighted by Gasteiger charge is -2.34. The van der Waals surface area contributed by atoms with Crippen LogP contribution < -0.4 is 0 Å². The van der Waals surface area contributed by atoms with Crippen molar-refractivity contribution in [2.45, 2.75) is 64.6 Å². The van der Waals surface area contributed by atoms with Crippen LogP contribution >= 0.6 is 0 Å². The van der Waals surface area contributed by atoms with Gasteiger partial charge in [-0.1, -0.05) is 66.6 Å². The van der Waals surface area contributed by atoms with Crippen LogP contribution in [0.4, 0.5) is 0 Å². The van der Waals surface area contributed by atoms with E-state index in [1.165, 1.54) is 16.7 Å². The maximum atomic E-state index is 11.4. The number of benzene rings is 2. The van der Waals surface area contributed by atoms with Gasteiger partial charge in [0.25, 0.3) is 0 Å². The second kappa shape index (κ2) is 12.6. The summed E-state index contributed by atoms with van der Waals surface area (Å²) in [4.78, 5) is 13.9. The number of likely N-dealkylation sites (tertiary alicyclic amines) is 1. The van der Waals surface area contributed by atoms with Crippen molar-refractivity contribution in [3.8, 4) is 0 Å². The molecule has 168 valence electrons. The standard InChI is InChI=1S/C27H37NO3/c1-3-30-26(29)12-8-5-9-19-28-20-17-25(18-21-28)31-27(23-10-6-4-7-11-23)24-15-13-22(2)14-16-24/h4,6-7,10-11,13-16,25,27H,3,5,8-9,12,17-21H2,1-2H3. The summed E-state index contributed by atoms with van der Waals surface area (Å²) in [6.07, 6.45) is 6.10. The normalized spacial score (nSPS) is 16.2. The fraction of sp³-hybridized carbons (Fsp3) is 0.519. The summed E-state index contributed by atoms with van der Waals surface area (Å²) >= 11 is 0. The molecule has 0 saturated carbocycles. The molecule has 1 aliphatic heterocycles. The summed E-state index contributed by atoms with van der Waals surface area (Å²) in [5.41, 5.74) is 3.71. The molecule has 4 nitrogen and oxygen atoms in total. The Labute approximate surface area is 187 Å². The zero-order valence-electron chi connectivity index (χ0n) is 19.1. The van der Waals surface area contributed by atoms with Crippen LogP contribution in [0.15, 0.2) is 54.6 Å². The van der Waals surface area contributed by atoms with Gasteiger partial charge in [0.1, 0.15) is 6.10 Å². The number of nitrogens with zero attached hydrogens (tertiary/aromatic N) is 1. The van der Waals surface area contributed by atoms with Crippen LogP contribution in [0.5, 0.6) is 0 Å². The Morgan fingerprint density at radius 1 is 0.968 bits per heavy atom. The number of carbonyl (C=O) groups is 1. The quantitative estimate of drug-likeness (QED) is 0.344. The minimum atomic E-state index is -0.0676. The van der Waals surface area contributed by atoms with Crippen LogP contribution in [0.25, 0.3) is 0 Å². The van der Waals surface area contributed by atoms with E-state index in [0.717, 1.165) is 51.7 Å². The monoisotopic (exact) mass is 423 g/mol. The highest BCUT2D eigenvalue weighted by molar-refractivity contribution is 5.69. The maximum Gasteiger partial charge on any atom is 0.305 e. The Morgan fingerprint density at radius 3 is 2.32 bits per heavy atom. The number of esters is 1. The number of hydrogen-bond acceptors (Lipinski definition) is 4. The molecule has 1 fully saturated rings. The van der Waals surface area contributed by atoms with Gasteiger partial charge in [0, 0.05) is 19.5 Å². The first-order chi connectivity index (χ1) is 15.2. The van der Waals surface area contributed by atoms with E-state index in [1.54, 1.807) is 0 Å². The largest absolute Gasteiger partial charge is 0.466 e. The number of hydrogen-bond donors (Lipinski definition) is 0. The van der Waals surface area contributed by atoms with Crippen LogP contribution in [-0.2, 0) is 14.3 Å². The third-order valence-electron chi connectivity index (χ3n) is 6.01. The van der Waals surface area contributed by atoms with Crippen molar-refractivity contribution in [3.63, 3.8) is 0 Å². The van der Waals surface area contributed by atoms with Gasteiger partial charge in [-0.3, -0.25) is 4.79 Å². The average molecular weight is 424 g/mol.